The van der Waals surface area contributed by atoms with Crippen molar-refractivity contribution >= 4 is 18.0 Å². The monoisotopic (exact) mass is 474 g/mol. The van der Waals surface area contributed by atoms with Gasteiger partial charge in [-0.1, -0.05) is 78.9 Å². The fraction of sp³-hybridized carbons (Fsp3) is 0.222. The number of ether oxygens (including phenoxy) is 1. The van der Waals surface area contributed by atoms with Gasteiger partial charge in [0.05, 0.1) is 0 Å². The van der Waals surface area contributed by atoms with Crippen LogP contribution in [-0.2, 0) is 25.6 Å². The third-order valence-electron chi connectivity index (χ3n) is 5.92. The topological polar surface area (TPSA) is 114 Å². The van der Waals surface area contributed by atoms with E-state index in [1.165, 1.54) is 6.92 Å². The summed E-state index contributed by atoms with van der Waals surface area (Å²) in [5, 5.41) is 11.6. The first-order valence-corrected chi connectivity index (χ1v) is 11.3. The minimum Gasteiger partial charge on any atom is -0.479 e. The Labute approximate surface area is 202 Å². The van der Waals surface area contributed by atoms with Crippen molar-refractivity contribution in [2.45, 2.75) is 31.4 Å². The van der Waals surface area contributed by atoms with Crippen LogP contribution in [0.25, 0.3) is 11.1 Å². The van der Waals surface area contributed by atoms with Crippen molar-refractivity contribution in [2.75, 3.05) is 6.61 Å². The molecular formula is C27H26N2O6. The maximum Gasteiger partial charge on any atom is 0.407 e. The standard InChI is InChI=1S/C27H26N2O6/c1-17(26(31)32)35-29-25(30)24(15-18-9-3-2-4-10-18)28-27(33)34-16-23-21-13-7-5-11-19(21)20-12-6-8-14-22(20)23/h2-14,17,23-24H,15-16H2,1H3,(H,28,33)(H,29,30)(H,31,32)/t17?,24-/m0/s1. The number of carboxylic acids is 1. The van der Waals surface area contributed by atoms with Gasteiger partial charge in [0.15, 0.2) is 6.10 Å². The quantitative estimate of drug-likeness (QED) is 0.408. The van der Waals surface area contributed by atoms with Crippen molar-refractivity contribution < 1.29 is 29.1 Å². The summed E-state index contributed by atoms with van der Waals surface area (Å²) in [5.41, 5.74) is 7.31. The molecule has 4 rings (SSSR count). The van der Waals surface area contributed by atoms with E-state index >= 15 is 0 Å². The molecule has 0 aliphatic heterocycles. The Morgan fingerprint density at radius 2 is 1.46 bits per heavy atom. The third kappa shape index (κ3) is 5.67. The molecule has 0 radical (unpaired) electrons. The summed E-state index contributed by atoms with van der Waals surface area (Å²) >= 11 is 0. The number of fused-ring (bicyclic) bond motifs is 3. The molecule has 0 fully saturated rings. The number of rotatable bonds is 9. The summed E-state index contributed by atoms with van der Waals surface area (Å²) in [6, 6.07) is 24.1. The number of hydroxylamine groups is 1. The number of hydrogen-bond acceptors (Lipinski definition) is 5. The largest absolute Gasteiger partial charge is 0.479 e. The first kappa shape index (κ1) is 24.0. The average molecular weight is 475 g/mol. The Morgan fingerprint density at radius 3 is 2.06 bits per heavy atom. The number of amides is 2. The van der Waals surface area contributed by atoms with Gasteiger partial charge in [0.1, 0.15) is 12.6 Å². The van der Waals surface area contributed by atoms with Gasteiger partial charge in [-0.3, -0.25) is 9.63 Å². The highest BCUT2D eigenvalue weighted by Crippen LogP contribution is 2.44. The molecule has 180 valence electrons. The number of carbonyl (C=O) groups excluding carboxylic acids is 2. The number of alkyl carbamates (subject to hydrolysis) is 1. The van der Waals surface area contributed by atoms with Gasteiger partial charge in [-0.15, -0.1) is 0 Å². The second kappa shape index (κ2) is 10.8. The van der Waals surface area contributed by atoms with E-state index in [1.54, 1.807) is 0 Å². The molecule has 1 unspecified atom stereocenters. The highest BCUT2D eigenvalue weighted by Gasteiger charge is 2.30. The predicted molar refractivity (Wildman–Crippen MR) is 128 cm³/mol. The molecule has 3 N–H and O–H groups in total. The van der Waals surface area contributed by atoms with Crippen molar-refractivity contribution in [1.82, 2.24) is 10.8 Å². The minimum atomic E-state index is -1.24. The van der Waals surface area contributed by atoms with Gasteiger partial charge in [-0.2, -0.15) is 0 Å². The van der Waals surface area contributed by atoms with E-state index < -0.39 is 30.1 Å². The van der Waals surface area contributed by atoms with Gasteiger partial charge in [-0.25, -0.2) is 15.1 Å². The molecule has 1 aliphatic rings. The molecular weight excluding hydrogens is 448 g/mol. The van der Waals surface area contributed by atoms with E-state index in [0.717, 1.165) is 27.8 Å². The van der Waals surface area contributed by atoms with Crippen LogP contribution in [0.3, 0.4) is 0 Å². The van der Waals surface area contributed by atoms with Gasteiger partial charge in [-0.05, 0) is 34.7 Å². The smallest absolute Gasteiger partial charge is 0.407 e. The third-order valence-corrected chi connectivity index (χ3v) is 5.92. The fourth-order valence-corrected chi connectivity index (χ4v) is 4.11. The summed E-state index contributed by atoms with van der Waals surface area (Å²) in [7, 11) is 0. The second-order valence-electron chi connectivity index (χ2n) is 8.28. The van der Waals surface area contributed by atoms with Crippen molar-refractivity contribution in [2.24, 2.45) is 0 Å². The number of hydrogen-bond donors (Lipinski definition) is 3. The van der Waals surface area contributed by atoms with E-state index in [-0.39, 0.29) is 18.9 Å². The Morgan fingerprint density at radius 1 is 0.886 bits per heavy atom. The van der Waals surface area contributed by atoms with Crippen molar-refractivity contribution in [1.29, 1.82) is 0 Å². The summed E-state index contributed by atoms with van der Waals surface area (Å²) in [5.74, 6) is -2.03. The molecule has 2 atom stereocenters. The van der Waals surface area contributed by atoms with Gasteiger partial charge in [0, 0.05) is 12.3 Å². The molecule has 2 amide bonds. The molecule has 3 aromatic rings. The first-order valence-electron chi connectivity index (χ1n) is 11.3. The van der Waals surface area contributed by atoms with Gasteiger partial charge < -0.3 is 15.2 Å². The highest BCUT2D eigenvalue weighted by molar-refractivity contribution is 5.85. The van der Waals surface area contributed by atoms with Crippen molar-refractivity contribution in [3.8, 4) is 11.1 Å². The molecule has 0 saturated carbocycles. The number of aliphatic carboxylic acids is 1. The number of carbonyl (C=O) groups is 3. The zero-order chi connectivity index (χ0) is 24.8. The van der Waals surface area contributed by atoms with Gasteiger partial charge in [0.2, 0.25) is 0 Å². The molecule has 1 aliphatic carbocycles. The minimum absolute atomic E-state index is 0.103. The molecule has 35 heavy (non-hydrogen) atoms. The van der Waals surface area contributed by atoms with Crippen molar-refractivity contribution in [3.05, 3.63) is 95.6 Å². The lowest BCUT2D eigenvalue weighted by Crippen LogP contribution is -2.49. The number of benzene rings is 3. The molecule has 0 spiro atoms. The molecule has 0 aromatic heterocycles. The Bertz CT molecular complexity index is 1170. The number of nitrogens with one attached hydrogen (secondary N) is 2. The average Bonchev–Trinajstić information content (AvgIpc) is 3.19. The Balaban J connectivity index is 1.43. The summed E-state index contributed by atoms with van der Waals surface area (Å²) in [6.07, 6.45) is -1.83. The molecule has 8 nitrogen and oxygen atoms in total. The van der Waals surface area contributed by atoms with Crippen molar-refractivity contribution in [3.63, 3.8) is 0 Å². The van der Waals surface area contributed by atoms with E-state index in [2.05, 4.69) is 10.8 Å². The lowest BCUT2D eigenvalue weighted by Gasteiger charge is -2.20. The van der Waals surface area contributed by atoms with Gasteiger partial charge >= 0.3 is 12.1 Å². The molecule has 8 heteroatoms. The van der Waals surface area contributed by atoms with Crippen LogP contribution in [-0.4, -0.2) is 41.8 Å². The fourth-order valence-electron chi connectivity index (χ4n) is 4.11. The maximum absolute atomic E-state index is 12.7. The van der Waals surface area contributed by atoms with E-state index in [9.17, 15) is 14.4 Å². The zero-order valence-electron chi connectivity index (χ0n) is 19.1. The predicted octanol–water partition coefficient (Wildman–Crippen LogP) is 3.66. The van der Waals surface area contributed by atoms with E-state index in [0.29, 0.717) is 0 Å². The van der Waals surface area contributed by atoms with Gasteiger partial charge in [0.25, 0.3) is 5.91 Å². The lowest BCUT2D eigenvalue weighted by atomic mass is 9.98. The molecule has 0 saturated heterocycles. The molecule has 0 heterocycles. The highest BCUT2D eigenvalue weighted by atomic mass is 16.7. The normalized spacial score (nSPS) is 13.7. The zero-order valence-corrected chi connectivity index (χ0v) is 19.1. The SMILES string of the molecule is CC(ONC(=O)[C@H](Cc1ccccc1)NC(=O)OCC1c2ccccc2-c2ccccc21)C(=O)O. The first-order chi connectivity index (χ1) is 16.9. The summed E-state index contributed by atoms with van der Waals surface area (Å²) in [4.78, 5) is 41.3. The Hall–Kier alpha value is -4.17. The van der Waals surface area contributed by atoms with E-state index in [4.69, 9.17) is 14.7 Å². The van der Waals surface area contributed by atoms with E-state index in [1.807, 2.05) is 78.9 Å². The van der Waals surface area contributed by atoms with Crippen LogP contribution in [0.1, 0.15) is 29.5 Å². The second-order valence-corrected chi connectivity index (χ2v) is 8.28. The number of carboxylic acid groups (broad SMARTS) is 1. The van der Waals surface area contributed by atoms with Crippen LogP contribution in [0.2, 0.25) is 0 Å². The maximum atomic E-state index is 12.7. The van der Waals surface area contributed by atoms with Crippen LogP contribution in [0, 0.1) is 0 Å². The summed E-state index contributed by atoms with van der Waals surface area (Å²) in [6.45, 7) is 1.39. The van der Waals surface area contributed by atoms with Crippen LogP contribution in [0.5, 0.6) is 0 Å². The van der Waals surface area contributed by atoms with Crippen LogP contribution < -0.4 is 10.8 Å². The van der Waals surface area contributed by atoms with Crippen LogP contribution >= 0.6 is 0 Å². The Kier molecular flexibility index (Phi) is 7.42. The summed E-state index contributed by atoms with van der Waals surface area (Å²) < 4.78 is 5.56. The molecule has 0 bridgehead atoms. The molecule has 3 aromatic carbocycles. The lowest BCUT2D eigenvalue weighted by molar-refractivity contribution is -0.159. The van der Waals surface area contributed by atoms with Crippen LogP contribution in [0.4, 0.5) is 4.79 Å². The van der Waals surface area contributed by atoms with Crippen LogP contribution in [0.15, 0.2) is 78.9 Å².